The summed E-state index contributed by atoms with van der Waals surface area (Å²) in [4.78, 5) is 1.95. The van der Waals surface area contributed by atoms with Crippen molar-refractivity contribution < 1.29 is 13.2 Å². The van der Waals surface area contributed by atoms with Crippen LogP contribution in [0.5, 0.6) is 5.75 Å². The summed E-state index contributed by atoms with van der Waals surface area (Å²) < 4.78 is 32.7. The summed E-state index contributed by atoms with van der Waals surface area (Å²) in [7, 11) is 1.98. The fourth-order valence-corrected chi connectivity index (χ4v) is 4.00. The van der Waals surface area contributed by atoms with Crippen molar-refractivity contribution in [3.8, 4) is 5.75 Å². The largest absolute Gasteiger partial charge is 0.497 e. The zero-order valence-corrected chi connectivity index (χ0v) is 16.8. The number of ether oxygens (including phenoxy) is 1. The highest BCUT2D eigenvalue weighted by molar-refractivity contribution is 7.89. The van der Waals surface area contributed by atoms with Gasteiger partial charge in [-0.15, -0.1) is 0 Å². The first kappa shape index (κ1) is 20.7. The Labute approximate surface area is 161 Å². The molecule has 0 aliphatic rings. The number of likely N-dealkylation sites (N-methyl/N-ethyl adjacent to an activating group) is 1. The molecular formula is C19H25ClN2O3S. The quantitative estimate of drug-likeness (QED) is 0.707. The van der Waals surface area contributed by atoms with E-state index in [1.165, 1.54) is 0 Å². The predicted molar refractivity (Wildman–Crippen MR) is 106 cm³/mol. The number of nitrogens with zero attached hydrogens (tertiary/aromatic N) is 1. The molecule has 2 aromatic carbocycles. The van der Waals surface area contributed by atoms with Crippen LogP contribution in [0.4, 0.5) is 0 Å². The lowest BCUT2D eigenvalue weighted by Crippen LogP contribution is -2.36. The van der Waals surface area contributed by atoms with Gasteiger partial charge in [0.05, 0.1) is 12.9 Å². The lowest BCUT2D eigenvalue weighted by molar-refractivity contribution is 0.299. The van der Waals surface area contributed by atoms with Gasteiger partial charge in [-0.05, 0) is 49.8 Å². The maximum atomic E-state index is 12.4. The summed E-state index contributed by atoms with van der Waals surface area (Å²) >= 11 is 6.27. The van der Waals surface area contributed by atoms with Gasteiger partial charge in [0, 0.05) is 17.6 Å². The molecule has 142 valence electrons. The monoisotopic (exact) mass is 396 g/mol. The van der Waals surface area contributed by atoms with Gasteiger partial charge in [-0.2, -0.15) is 0 Å². The van der Waals surface area contributed by atoms with E-state index in [4.69, 9.17) is 16.3 Å². The Morgan fingerprint density at radius 3 is 2.54 bits per heavy atom. The molecule has 1 N–H and O–H groups in total. The highest BCUT2D eigenvalue weighted by Crippen LogP contribution is 2.25. The van der Waals surface area contributed by atoms with Crippen LogP contribution in [0.3, 0.4) is 0 Å². The van der Waals surface area contributed by atoms with Crippen LogP contribution in [0.15, 0.2) is 48.5 Å². The van der Waals surface area contributed by atoms with E-state index in [-0.39, 0.29) is 18.3 Å². The first-order valence-electron chi connectivity index (χ1n) is 8.33. The zero-order chi connectivity index (χ0) is 19.2. The van der Waals surface area contributed by atoms with Gasteiger partial charge in [-0.3, -0.25) is 0 Å². The van der Waals surface area contributed by atoms with Gasteiger partial charge in [-0.25, -0.2) is 13.1 Å². The highest BCUT2D eigenvalue weighted by atomic mass is 35.5. The molecule has 0 saturated heterocycles. The summed E-state index contributed by atoms with van der Waals surface area (Å²) in [6.45, 7) is 0.261. The molecule has 0 fully saturated rings. The molecule has 0 spiro atoms. The van der Waals surface area contributed by atoms with Gasteiger partial charge in [0.25, 0.3) is 0 Å². The van der Waals surface area contributed by atoms with Crippen molar-refractivity contribution in [2.24, 2.45) is 0 Å². The summed E-state index contributed by atoms with van der Waals surface area (Å²) in [5.74, 6) is 0.738. The molecule has 5 nitrogen and oxygen atoms in total. The first-order valence-corrected chi connectivity index (χ1v) is 10.4. The van der Waals surface area contributed by atoms with E-state index in [0.29, 0.717) is 11.4 Å². The van der Waals surface area contributed by atoms with Crippen molar-refractivity contribution >= 4 is 21.6 Å². The minimum absolute atomic E-state index is 0.0167. The number of benzene rings is 2. The van der Waals surface area contributed by atoms with Crippen LogP contribution in [0.1, 0.15) is 17.2 Å². The average Bonchev–Trinajstić information content (AvgIpc) is 2.61. The van der Waals surface area contributed by atoms with E-state index >= 15 is 0 Å². The summed E-state index contributed by atoms with van der Waals surface area (Å²) in [5.41, 5.74) is 1.82. The van der Waals surface area contributed by atoms with E-state index in [1.807, 2.05) is 67.5 Å². The lowest BCUT2D eigenvalue weighted by atomic mass is 10.1. The molecule has 0 saturated carbocycles. The van der Waals surface area contributed by atoms with E-state index in [0.717, 1.165) is 16.9 Å². The molecule has 0 aliphatic heterocycles. The molecular weight excluding hydrogens is 372 g/mol. The Hall–Kier alpha value is -1.60. The summed E-state index contributed by atoms with van der Waals surface area (Å²) in [6.07, 6.45) is 0.422. The Bertz CT molecular complexity index is 825. The third kappa shape index (κ3) is 5.99. The molecule has 7 heteroatoms. The van der Waals surface area contributed by atoms with Crippen molar-refractivity contribution in [1.29, 1.82) is 0 Å². The van der Waals surface area contributed by atoms with Crippen molar-refractivity contribution in [2.75, 3.05) is 33.5 Å². The number of rotatable bonds is 9. The van der Waals surface area contributed by atoms with Gasteiger partial charge in [0.15, 0.2) is 0 Å². The number of nitrogens with one attached hydrogen (secondary N) is 1. The minimum Gasteiger partial charge on any atom is -0.497 e. The van der Waals surface area contributed by atoms with Gasteiger partial charge < -0.3 is 9.64 Å². The maximum Gasteiger partial charge on any atom is 0.211 e. The molecule has 0 aliphatic carbocycles. The number of hydrogen-bond acceptors (Lipinski definition) is 4. The van der Waals surface area contributed by atoms with Crippen molar-refractivity contribution in [2.45, 2.75) is 12.5 Å². The third-order valence-corrected chi connectivity index (χ3v) is 5.87. The zero-order valence-electron chi connectivity index (χ0n) is 15.3. The third-order valence-electron chi connectivity index (χ3n) is 4.18. The fourth-order valence-electron chi connectivity index (χ4n) is 2.67. The number of methoxy groups -OCH3 is 1. The number of aryl methyl sites for hydroxylation is 1. The minimum atomic E-state index is -3.41. The van der Waals surface area contributed by atoms with E-state index < -0.39 is 10.0 Å². The smallest absolute Gasteiger partial charge is 0.211 e. The standard InChI is InChI=1S/C19H25ClN2O3S/c1-22(2)19(17-9-4-5-10-18(17)20)14-21-26(23,24)12-11-15-7-6-8-16(13-15)25-3/h4-10,13,19,21H,11-12,14H2,1-3H3. The van der Waals surface area contributed by atoms with Crippen molar-refractivity contribution in [3.05, 3.63) is 64.7 Å². The molecule has 0 aromatic heterocycles. The molecule has 0 amide bonds. The number of hydrogen-bond donors (Lipinski definition) is 1. The van der Waals surface area contributed by atoms with Gasteiger partial charge in [-0.1, -0.05) is 41.9 Å². The second kappa shape index (κ2) is 9.37. The lowest BCUT2D eigenvalue weighted by Gasteiger charge is -2.26. The maximum absolute atomic E-state index is 12.4. The molecule has 2 aromatic rings. The molecule has 1 atom stereocenters. The van der Waals surface area contributed by atoms with Crippen LogP contribution in [0.25, 0.3) is 0 Å². The number of sulfonamides is 1. The van der Waals surface area contributed by atoms with Crippen LogP contribution in [0.2, 0.25) is 5.02 Å². The summed E-state index contributed by atoms with van der Waals surface area (Å²) in [5, 5.41) is 0.627. The van der Waals surface area contributed by atoms with Gasteiger partial charge in [0.2, 0.25) is 10.0 Å². The molecule has 0 bridgehead atoms. The van der Waals surface area contributed by atoms with Crippen LogP contribution in [-0.2, 0) is 16.4 Å². The van der Waals surface area contributed by atoms with Crippen molar-refractivity contribution in [1.82, 2.24) is 9.62 Å². The Balaban J connectivity index is 2.00. The fraction of sp³-hybridized carbons (Fsp3) is 0.368. The SMILES string of the molecule is COc1cccc(CCS(=O)(=O)NCC(c2ccccc2Cl)N(C)C)c1. The van der Waals surface area contributed by atoms with E-state index in [9.17, 15) is 8.42 Å². The molecule has 26 heavy (non-hydrogen) atoms. The van der Waals surface area contributed by atoms with Crippen LogP contribution in [0, 0.1) is 0 Å². The van der Waals surface area contributed by atoms with Crippen LogP contribution >= 0.6 is 11.6 Å². The molecule has 1 unspecified atom stereocenters. The second-order valence-electron chi connectivity index (χ2n) is 6.27. The highest BCUT2D eigenvalue weighted by Gasteiger charge is 2.20. The summed E-state index contributed by atoms with van der Waals surface area (Å²) in [6, 6.07) is 14.8. The normalized spacial score (nSPS) is 13.0. The molecule has 2 rings (SSSR count). The van der Waals surface area contributed by atoms with Crippen molar-refractivity contribution in [3.63, 3.8) is 0 Å². The Morgan fingerprint density at radius 1 is 1.15 bits per heavy atom. The van der Waals surface area contributed by atoms with E-state index in [2.05, 4.69) is 4.72 Å². The van der Waals surface area contributed by atoms with Crippen LogP contribution in [-0.4, -0.2) is 46.8 Å². The van der Waals surface area contributed by atoms with Gasteiger partial charge >= 0.3 is 0 Å². The second-order valence-corrected chi connectivity index (χ2v) is 8.60. The van der Waals surface area contributed by atoms with E-state index in [1.54, 1.807) is 7.11 Å². The first-order chi connectivity index (χ1) is 12.3. The number of halogens is 1. The topological polar surface area (TPSA) is 58.6 Å². The Morgan fingerprint density at radius 2 is 1.88 bits per heavy atom. The van der Waals surface area contributed by atoms with Crippen LogP contribution < -0.4 is 9.46 Å². The Kier molecular flexibility index (Phi) is 7.46. The predicted octanol–water partition coefficient (Wildman–Crippen LogP) is 3.11. The molecule has 0 heterocycles. The van der Waals surface area contributed by atoms with Gasteiger partial charge in [0.1, 0.15) is 5.75 Å². The molecule has 0 radical (unpaired) electrons. The average molecular weight is 397 g/mol.